The maximum Gasteiger partial charge on any atom is 0.255 e. The van der Waals surface area contributed by atoms with Crippen LogP contribution in [0.15, 0.2) is 41.3 Å². The third-order valence-corrected chi connectivity index (χ3v) is 6.92. The number of benzene rings is 2. The molecule has 1 aliphatic heterocycles. The van der Waals surface area contributed by atoms with E-state index in [0.29, 0.717) is 0 Å². The highest BCUT2D eigenvalue weighted by Gasteiger charge is 2.33. The van der Waals surface area contributed by atoms with Crippen molar-refractivity contribution in [1.82, 2.24) is 4.31 Å². The Morgan fingerprint density at radius 3 is 2.41 bits per heavy atom. The van der Waals surface area contributed by atoms with Crippen molar-refractivity contribution in [2.24, 2.45) is 0 Å². The van der Waals surface area contributed by atoms with Crippen molar-refractivity contribution >= 4 is 44.8 Å². The third-order valence-electron chi connectivity index (χ3n) is 4.38. The first-order chi connectivity index (χ1) is 13.6. The van der Waals surface area contributed by atoms with Crippen LogP contribution in [0.4, 0.5) is 10.1 Å². The predicted octanol–water partition coefficient (Wildman–Crippen LogP) is 4.18. The summed E-state index contributed by atoms with van der Waals surface area (Å²) in [4.78, 5) is 12.3. The molecule has 3 rings (SSSR count). The summed E-state index contributed by atoms with van der Waals surface area (Å²) in [6.45, 7) is 3.92. The van der Waals surface area contributed by atoms with E-state index in [4.69, 9.17) is 27.9 Å². The van der Waals surface area contributed by atoms with Gasteiger partial charge in [0, 0.05) is 23.7 Å². The van der Waals surface area contributed by atoms with Gasteiger partial charge in [-0.05, 0) is 50.2 Å². The fraction of sp³-hybridized carbons (Fsp3) is 0.316. The first-order valence-corrected chi connectivity index (χ1v) is 11.0. The Labute approximate surface area is 178 Å². The van der Waals surface area contributed by atoms with E-state index in [1.165, 1.54) is 34.6 Å². The Hall–Kier alpha value is -1.71. The Balaban J connectivity index is 1.90. The predicted molar refractivity (Wildman–Crippen MR) is 110 cm³/mol. The summed E-state index contributed by atoms with van der Waals surface area (Å²) >= 11 is 11.8. The van der Waals surface area contributed by atoms with Crippen molar-refractivity contribution in [3.8, 4) is 0 Å². The molecular formula is C19H19Cl2FN2O4S. The van der Waals surface area contributed by atoms with E-state index in [1.54, 1.807) is 13.8 Å². The van der Waals surface area contributed by atoms with Gasteiger partial charge < -0.3 is 10.1 Å². The first-order valence-electron chi connectivity index (χ1n) is 8.79. The molecule has 0 saturated carbocycles. The lowest BCUT2D eigenvalue weighted by molar-refractivity contribution is -0.0440. The lowest BCUT2D eigenvalue weighted by Crippen LogP contribution is -2.48. The van der Waals surface area contributed by atoms with E-state index in [1.807, 2.05) is 0 Å². The fourth-order valence-electron chi connectivity index (χ4n) is 3.09. The van der Waals surface area contributed by atoms with Crippen LogP contribution in [0.25, 0.3) is 0 Å². The minimum atomic E-state index is -3.95. The number of amides is 1. The molecule has 6 nitrogen and oxygen atoms in total. The van der Waals surface area contributed by atoms with Crippen LogP contribution in [-0.4, -0.2) is 43.9 Å². The Bertz CT molecular complexity index is 1040. The summed E-state index contributed by atoms with van der Waals surface area (Å²) in [7, 11) is -3.95. The molecule has 1 fully saturated rings. The molecule has 0 spiro atoms. The molecule has 1 amide bonds. The van der Waals surface area contributed by atoms with Gasteiger partial charge >= 0.3 is 0 Å². The van der Waals surface area contributed by atoms with Gasteiger partial charge in [-0.25, -0.2) is 12.8 Å². The van der Waals surface area contributed by atoms with E-state index < -0.39 is 21.7 Å². The van der Waals surface area contributed by atoms with E-state index >= 15 is 0 Å². The second-order valence-corrected chi connectivity index (χ2v) is 9.55. The van der Waals surface area contributed by atoms with Gasteiger partial charge in [-0.3, -0.25) is 4.79 Å². The molecule has 1 saturated heterocycles. The number of nitrogens with zero attached hydrogens (tertiary/aromatic N) is 1. The summed E-state index contributed by atoms with van der Waals surface area (Å²) in [5.41, 5.74) is -0.0498. The normalized spacial score (nSPS) is 20.4. The van der Waals surface area contributed by atoms with Gasteiger partial charge in [0.05, 0.1) is 22.9 Å². The van der Waals surface area contributed by atoms with E-state index in [9.17, 15) is 17.6 Å². The van der Waals surface area contributed by atoms with Crippen LogP contribution in [0.2, 0.25) is 10.0 Å². The largest absolute Gasteiger partial charge is 0.373 e. The molecule has 1 aliphatic rings. The number of anilines is 1. The molecule has 1 N–H and O–H groups in total. The fourth-order valence-corrected chi connectivity index (χ4v) is 5.34. The topological polar surface area (TPSA) is 75.7 Å². The Morgan fingerprint density at radius 1 is 1.14 bits per heavy atom. The number of morpholine rings is 1. The number of nitrogens with one attached hydrogen (secondary N) is 1. The van der Waals surface area contributed by atoms with Crippen LogP contribution in [-0.2, 0) is 14.8 Å². The molecule has 1 heterocycles. The van der Waals surface area contributed by atoms with E-state index in [-0.39, 0.29) is 51.5 Å². The standard InChI is InChI=1S/C19H19Cl2FN2O4S/c1-11-9-24(10-12(2)28-11)29(26,27)18-7-13(3-5-15(18)21)19(25)23-17-6-4-14(20)8-16(17)22/h3-8,11-12H,9-10H2,1-2H3,(H,23,25). The lowest BCUT2D eigenvalue weighted by Gasteiger charge is -2.34. The van der Waals surface area contributed by atoms with Gasteiger partial charge in [0.1, 0.15) is 10.7 Å². The summed E-state index contributed by atoms with van der Waals surface area (Å²) < 4.78 is 47.0. The van der Waals surface area contributed by atoms with Crippen LogP contribution in [0.5, 0.6) is 0 Å². The minimum Gasteiger partial charge on any atom is -0.373 e. The van der Waals surface area contributed by atoms with Gasteiger partial charge in [0.25, 0.3) is 5.91 Å². The lowest BCUT2D eigenvalue weighted by atomic mass is 10.2. The van der Waals surface area contributed by atoms with Crippen LogP contribution in [0.1, 0.15) is 24.2 Å². The van der Waals surface area contributed by atoms with Crippen molar-refractivity contribution < 1.29 is 22.3 Å². The molecule has 2 atom stereocenters. The maximum absolute atomic E-state index is 13.9. The molecule has 0 aromatic heterocycles. The van der Waals surface area contributed by atoms with Crippen LogP contribution < -0.4 is 5.32 Å². The van der Waals surface area contributed by atoms with E-state index in [2.05, 4.69) is 5.32 Å². The van der Waals surface area contributed by atoms with Gasteiger partial charge in [-0.15, -0.1) is 0 Å². The van der Waals surface area contributed by atoms with Crippen molar-refractivity contribution in [2.75, 3.05) is 18.4 Å². The summed E-state index contributed by atoms with van der Waals surface area (Å²) in [6.07, 6.45) is -0.543. The smallest absolute Gasteiger partial charge is 0.255 e. The minimum absolute atomic E-state index is 0.00831. The molecule has 0 radical (unpaired) electrons. The van der Waals surface area contributed by atoms with Gasteiger partial charge in [-0.2, -0.15) is 4.31 Å². The summed E-state index contributed by atoms with van der Waals surface area (Å²) in [5.74, 6) is -1.38. The third kappa shape index (κ3) is 4.90. The molecule has 156 valence electrons. The van der Waals surface area contributed by atoms with Crippen LogP contribution >= 0.6 is 23.2 Å². The Morgan fingerprint density at radius 2 is 1.79 bits per heavy atom. The van der Waals surface area contributed by atoms with E-state index in [0.717, 1.165) is 6.07 Å². The highest BCUT2D eigenvalue weighted by Crippen LogP contribution is 2.28. The van der Waals surface area contributed by atoms with Gasteiger partial charge in [0.2, 0.25) is 10.0 Å². The van der Waals surface area contributed by atoms with Crippen molar-refractivity contribution in [3.63, 3.8) is 0 Å². The molecule has 2 aromatic rings. The molecule has 2 unspecified atom stereocenters. The molecule has 0 aliphatic carbocycles. The quantitative estimate of drug-likeness (QED) is 0.742. The number of carbonyl (C=O) groups is 1. The zero-order valence-electron chi connectivity index (χ0n) is 15.7. The molecule has 0 bridgehead atoms. The molecule has 2 aromatic carbocycles. The second kappa shape index (κ2) is 8.57. The first kappa shape index (κ1) is 22.0. The highest BCUT2D eigenvalue weighted by atomic mass is 35.5. The number of ether oxygens (including phenoxy) is 1. The van der Waals surface area contributed by atoms with Gasteiger partial charge in [0.15, 0.2) is 0 Å². The van der Waals surface area contributed by atoms with Crippen LogP contribution in [0, 0.1) is 5.82 Å². The van der Waals surface area contributed by atoms with Crippen LogP contribution in [0.3, 0.4) is 0 Å². The van der Waals surface area contributed by atoms with Crippen molar-refractivity contribution in [2.45, 2.75) is 31.0 Å². The Kier molecular flexibility index (Phi) is 6.50. The van der Waals surface area contributed by atoms with Crippen molar-refractivity contribution in [3.05, 3.63) is 57.8 Å². The number of halogens is 3. The summed E-state index contributed by atoms with van der Waals surface area (Å²) in [5, 5.41) is 2.58. The average molecular weight is 461 g/mol. The number of hydrogen-bond donors (Lipinski definition) is 1. The zero-order chi connectivity index (χ0) is 21.3. The zero-order valence-corrected chi connectivity index (χ0v) is 18.0. The van der Waals surface area contributed by atoms with Gasteiger partial charge in [-0.1, -0.05) is 23.2 Å². The SMILES string of the molecule is CC1CN(S(=O)(=O)c2cc(C(=O)Nc3ccc(Cl)cc3F)ccc2Cl)CC(C)O1. The summed E-state index contributed by atoms with van der Waals surface area (Å²) in [6, 6.07) is 7.70. The number of sulfonamides is 1. The number of carbonyl (C=O) groups excluding carboxylic acids is 1. The highest BCUT2D eigenvalue weighted by molar-refractivity contribution is 7.89. The molecule has 10 heteroatoms. The number of rotatable bonds is 4. The number of hydrogen-bond acceptors (Lipinski definition) is 4. The molecular weight excluding hydrogens is 442 g/mol. The maximum atomic E-state index is 13.9. The second-order valence-electron chi connectivity index (χ2n) is 6.80. The average Bonchev–Trinajstić information content (AvgIpc) is 2.63. The molecule has 29 heavy (non-hydrogen) atoms. The van der Waals surface area contributed by atoms with Crippen molar-refractivity contribution in [1.29, 1.82) is 0 Å². The monoisotopic (exact) mass is 460 g/mol.